The first kappa shape index (κ1) is 24.7. The number of carbonyl (C=O) groups is 2. The Hall–Kier alpha value is -2.34. The van der Waals surface area contributed by atoms with Crippen LogP contribution in [0.25, 0.3) is 0 Å². The van der Waals surface area contributed by atoms with Gasteiger partial charge in [-0.3, -0.25) is 4.79 Å². The number of carboxylic acids is 1. The molecule has 3 N–H and O–H groups in total. The molecule has 1 atom stereocenters. The van der Waals surface area contributed by atoms with Crippen LogP contribution < -0.4 is 5.32 Å². The predicted molar refractivity (Wildman–Crippen MR) is 115 cm³/mol. The number of amides is 1. The molecule has 2 rings (SSSR count). The zero-order valence-corrected chi connectivity index (χ0v) is 18.4. The number of aliphatic hydroxyl groups excluding tert-OH is 1. The summed E-state index contributed by atoms with van der Waals surface area (Å²) in [5.74, 6) is -2.01. The first-order chi connectivity index (χ1) is 13.6. The highest BCUT2D eigenvalue weighted by Crippen LogP contribution is 2.51. The van der Waals surface area contributed by atoms with Crippen LogP contribution in [-0.4, -0.2) is 41.1 Å². The molecule has 162 valence electrons. The van der Waals surface area contributed by atoms with Gasteiger partial charge >= 0.3 is 5.97 Å². The van der Waals surface area contributed by atoms with Gasteiger partial charge in [0.05, 0.1) is 0 Å². The number of aliphatic carboxylic acids is 1. The fourth-order valence-electron chi connectivity index (χ4n) is 2.99. The summed E-state index contributed by atoms with van der Waals surface area (Å²) in [6, 6.07) is 10.5. The van der Waals surface area contributed by atoms with E-state index in [1.54, 1.807) is 0 Å². The lowest BCUT2D eigenvalue weighted by Gasteiger charge is -2.10. The maximum atomic E-state index is 11.9. The molecule has 0 aromatic heterocycles. The molecule has 0 bridgehead atoms. The number of carbonyl (C=O) groups excluding carboxylic acids is 1. The van der Waals surface area contributed by atoms with Crippen LogP contribution in [0.15, 0.2) is 41.8 Å². The maximum absolute atomic E-state index is 11.9. The van der Waals surface area contributed by atoms with Crippen LogP contribution >= 0.6 is 0 Å². The average molecular weight is 405 g/mol. The highest BCUT2D eigenvalue weighted by molar-refractivity contribution is 5.94. The Labute approximate surface area is 174 Å². The van der Waals surface area contributed by atoms with E-state index < -0.39 is 5.97 Å². The van der Waals surface area contributed by atoms with Crippen LogP contribution in [0, 0.1) is 11.3 Å². The Balaban J connectivity index is 0.000000352. The van der Waals surface area contributed by atoms with Gasteiger partial charge in [0.15, 0.2) is 5.70 Å². The second-order valence-electron chi connectivity index (χ2n) is 8.54. The quantitative estimate of drug-likeness (QED) is 0.324. The molecule has 29 heavy (non-hydrogen) atoms. The van der Waals surface area contributed by atoms with Crippen molar-refractivity contribution in [3.05, 3.63) is 47.4 Å². The summed E-state index contributed by atoms with van der Waals surface area (Å²) >= 11 is 0. The topological polar surface area (TPSA) is 89.9 Å². The Kier molecular flexibility index (Phi) is 9.89. The SMILES string of the molecule is CCCCC/C(O)=C(/NC(=O)C1CC1(C)C)C(=O)O.CN(C)Cc1ccccc1. The lowest BCUT2D eigenvalue weighted by atomic mass is 10.1. The maximum Gasteiger partial charge on any atom is 0.355 e. The summed E-state index contributed by atoms with van der Waals surface area (Å²) < 4.78 is 0. The molecule has 1 saturated carbocycles. The lowest BCUT2D eigenvalue weighted by molar-refractivity contribution is -0.135. The van der Waals surface area contributed by atoms with Crippen molar-refractivity contribution < 1.29 is 19.8 Å². The van der Waals surface area contributed by atoms with Crippen LogP contribution in [0.3, 0.4) is 0 Å². The number of nitrogens with zero attached hydrogens (tertiary/aromatic N) is 1. The molecule has 1 unspecified atom stereocenters. The third kappa shape index (κ3) is 9.13. The molecule has 1 amide bonds. The Morgan fingerprint density at radius 2 is 1.72 bits per heavy atom. The zero-order valence-electron chi connectivity index (χ0n) is 18.4. The Bertz CT molecular complexity index is 696. The summed E-state index contributed by atoms with van der Waals surface area (Å²) in [6.45, 7) is 6.97. The number of benzene rings is 1. The molecule has 1 aromatic rings. The van der Waals surface area contributed by atoms with Gasteiger partial charge in [-0.15, -0.1) is 0 Å². The van der Waals surface area contributed by atoms with E-state index in [-0.39, 0.29) is 35.1 Å². The van der Waals surface area contributed by atoms with E-state index in [4.69, 9.17) is 5.11 Å². The molecule has 0 radical (unpaired) electrons. The highest BCUT2D eigenvalue weighted by atomic mass is 16.4. The summed E-state index contributed by atoms with van der Waals surface area (Å²) in [6.07, 6.45) is 3.65. The van der Waals surface area contributed by atoms with Crippen molar-refractivity contribution in [1.82, 2.24) is 10.2 Å². The number of carboxylic acid groups (broad SMARTS) is 1. The average Bonchev–Trinajstić information content (AvgIpc) is 3.28. The van der Waals surface area contributed by atoms with Crippen LogP contribution in [-0.2, 0) is 16.1 Å². The number of unbranched alkanes of at least 4 members (excludes halogenated alkanes) is 2. The third-order valence-corrected chi connectivity index (χ3v) is 4.94. The van der Waals surface area contributed by atoms with Gasteiger partial charge in [0.25, 0.3) is 0 Å². The summed E-state index contributed by atoms with van der Waals surface area (Å²) in [5, 5.41) is 21.2. The molecule has 1 aliphatic carbocycles. The molecule has 0 aliphatic heterocycles. The van der Waals surface area contributed by atoms with E-state index in [0.717, 1.165) is 25.8 Å². The Morgan fingerprint density at radius 3 is 2.17 bits per heavy atom. The summed E-state index contributed by atoms with van der Waals surface area (Å²) in [7, 11) is 4.15. The minimum atomic E-state index is -1.29. The van der Waals surface area contributed by atoms with Gasteiger partial charge in [-0.25, -0.2) is 4.79 Å². The Morgan fingerprint density at radius 1 is 1.14 bits per heavy atom. The van der Waals surface area contributed by atoms with Crippen molar-refractivity contribution in [3.8, 4) is 0 Å². The number of hydrogen-bond acceptors (Lipinski definition) is 4. The number of nitrogens with one attached hydrogen (secondary N) is 1. The van der Waals surface area contributed by atoms with E-state index in [1.807, 2.05) is 26.8 Å². The van der Waals surface area contributed by atoms with E-state index in [9.17, 15) is 14.7 Å². The molecule has 0 heterocycles. The largest absolute Gasteiger partial charge is 0.510 e. The van der Waals surface area contributed by atoms with E-state index in [2.05, 4.69) is 48.6 Å². The van der Waals surface area contributed by atoms with Crippen molar-refractivity contribution >= 4 is 11.9 Å². The third-order valence-electron chi connectivity index (χ3n) is 4.94. The van der Waals surface area contributed by atoms with Gasteiger partial charge < -0.3 is 20.4 Å². The first-order valence-electron chi connectivity index (χ1n) is 10.2. The fourth-order valence-corrected chi connectivity index (χ4v) is 2.99. The molecule has 1 aliphatic rings. The van der Waals surface area contributed by atoms with Crippen LogP contribution in [0.5, 0.6) is 0 Å². The van der Waals surface area contributed by atoms with Crippen molar-refractivity contribution in [1.29, 1.82) is 0 Å². The van der Waals surface area contributed by atoms with E-state index >= 15 is 0 Å². The van der Waals surface area contributed by atoms with E-state index in [1.165, 1.54) is 5.56 Å². The van der Waals surface area contributed by atoms with Crippen molar-refractivity contribution in [3.63, 3.8) is 0 Å². The van der Waals surface area contributed by atoms with Gasteiger partial charge in [0.1, 0.15) is 5.76 Å². The fraction of sp³-hybridized carbons (Fsp3) is 0.565. The minimum Gasteiger partial charge on any atom is -0.510 e. The van der Waals surface area contributed by atoms with Crippen molar-refractivity contribution in [2.45, 2.75) is 59.4 Å². The van der Waals surface area contributed by atoms with Gasteiger partial charge in [0, 0.05) is 18.9 Å². The van der Waals surface area contributed by atoms with E-state index in [0.29, 0.717) is 6.42 Å². The van der Waals surface area contributed by atoms with Gasteiger partial charge in [-0.05, 0) is 37.9 Å². The predicted octanol–water partition coefficient (Wildman–Crippen LogP) is 4.33. The van der Waals surface area contributed by atoms with Crippen LogP contribution in [0.4, 0.5) is 0 Å². The zero-order chi connectivity index (χ0) is 22.0. The lowest BCUT2D eigenvalue weighted by Crippen LogP contribution is -2.31. The van der Waals surface area contributed by atoms with Gasteiger partial charge in [0.2, 0.25) is 5.91 Å². The van der Waals surface area contributed by atoms with Crippen LogP contribution in [0.2, 0.25) is 0 Å². The highest BCUT2D eigenvalue weighted by Gasteiger charge is 2.50. The molecule has 6 nitrogen and oxygen atoms in total. The standard InChI is InChI=1S/C14H23NO4.C9H13N/c1-4-5-6-7-10(16)11(13(18)19)15-12(17)9-8-14(9,2)3;1-10(2)8-9-6-4-3-5-7-9/h9,16H,4-8H2,1-3H3,(H,15,17)(H,18,19);3-7H,8H2,1-2H3/b11-10-;. The normalized spacial score (nSPS) is 17.7. The number of allylic oxidation sites excluding steroid dienone is 1. The second-order valence-corrected chi connectivity index (χ2v) is 8.54. The van der Waals surface area contributed by atoms with Crippen LogP contribution in [0.1, 0.15) is 58.4 Å². The molecule has 0 spiro atoms. The molecular formula is C23H36N2O4. The minimum absolute atomic E-state index is 0.0640. The molecule has 6 heteroatoms. The smallest absolute Gasteiger partial charge is 0.355 e. The number of hydrogen-bond donors (Lipinski definition) is 3. The van der Waals surface area contributed by atoms with Crippen molar-refractivity contribution in [2.75, 3.05) is 14.1 Å². The summed E-state index contributed by atoms with van der Waals surface area (Å²) in [4.78, 5) is 25.1. The second kappa shape index (κ2) is 11.6. The number of aliphatic hydroxyl groups is 1. The van der Waals surface area contributed by atoms with Crippen molar-refractivity contribution in [2.24, 2.45) is 11.3 Å². The molecular weight excluding hydrogens is 368 g/mol. The number of rotatable bonds is 9. The first-order valence-corrected chi connectivity index (χ1v) is 10.2. The van der Waals surface area contributed by atoms with Gasteiger partial charge in [-0.2, -0.15) is 0 Å². The summed E-state index contributed by atoms with van der Waals surface area (Å²) in [5.41, 5.74) is 0.933. The van der Waals surface area contributed by atoms with Gasteiger partial charge in [-0.1, -0.05) is 63.9 Å². The molecule has 0 saturated heterocycles. The molecule has 1 fully saturated rings. The monoisotopic (exact) mass is 404 g/mol. The molecule has 1 aromatic carbocycles.